The van der Waals surface area contributed by atoms with Crippen molar-refractivity contribution in [2.45, 2.75) is 45.6 Å². The standard InChI is InChI=1S/C13H24N2O/c1-8(2)3-13(16)15-7-9-4-10-6-12(14)11(10)5-9/h8-12H,3-7,14H2,1-2H3,(H,15,16). The fourth-order valence-electron chi connectivity index (χ4n) is 3.27. The molecule has 0 aliphatic heterocycles. The van der Waals surface area contributed by atoms with Crippen molar-refractivity contribution in [2.75, 3.05) is 6.54 Å². The number of fused-ring (bicyclic) bond motifs is 1. The van der Waals surface area contributed by atoms with Crippen molar-refractivity contribution in [3.05, 3.63) is 0 Å². The van der Waals surface area contributed by atoms with Gasteiger partial charge in [0.1, 0.15) is 0 Å². The van der Waals surface area contributed by atoms with Crippen LogP contribution in [0.1, 0.15) is 39.5 Å². The summed E-state index contributed by atoms with van der Waals surface area (Å²) >= 11 is 0. The van der Waals surface area contributed by atoms with E-state index < -0.39 is 0 Å². The third-order valence-electron chi connectivity index (χ3n) is 4.15. The summed E-state index contributed by atoms with van der Waals surface area (Å²) in [7, 11) is 0. The average molecular weight is 224 g/mol. The van der Waals surface area contributed by atoms with Crippen LogP contribution in [-0.4, -0.2) is 18.5 Å². The number of hydrogen-bond donors (Lipinski definition) is 2. The smallest absolute Gasteiger partial charge is 0.220 e. The average Bonchev–Trinajstić information content (AvgIpc) is 2.51. The predicted molar refractivity (Wildman–Crippen MR) is 64.8 cm³/mol. The van der Waals surface area contributed by atoms with Gasteiger partial charge in [-0.3, -0.25) is 4.79 Å². The molecule has 2 rings (SSSR count). The van der Waals surface area contributed by atoms with Crippen molar-refractivity contribution >= 4 is 5.91 Å². The fraction of sp³-hybridized carbons (Fsp3) is 0.923. The fourth-order valence-corrected chi connectivity index (χ4v) is 3.27. The molecule has 0 aromatic heterocycles. The Morgan fingerprint density at radius 2 is 2.12 bits per heavy atom. The molecular formula is C13H24N2O. The highest BCUT2D eigenvalue weighted by atomic mass is 16.1. The molecule has 0 radical (unpaired) electrons. The van der Waals surface area contributed by atoms with Crippen LogP contribution in [0.25, 0.3) is 0 Å². The van der Waals surface area contributed by atoms with E-state index in [0.717, 1.165) is 18.4 Å². The summed E-state index contributed by atoms with van der Waals surface area (Å²) in [6, 6.07) is 0.446. The molecule has 2 aliphatic rings. The minimum Gasteiger partial charge on any atom is -0.356 e. The molecule has 2 fully saturated rings. The maximum Gasteiger partial charge on any atom is 0.220 e. The van der Waals surface area contributed by atoms with Gasteiger partial charge in [-0.2, -0.15) is 0 Å². The van der Waals surface area contributed by atoms with Crippen LogP contribution in [0.3, 0.4) is 0 Å². The zero-order valence-electron chi connectivity index (χ0n) is 10.4. The first kappa shape index (κ1) is 11.9. The maximum absolute atomic E-state index is 11.5. The number of rotatable bonds is 4. The third-order valence-corrected chi connectivity index (χ3v) is 4.15. The summed E-state index contributed by atoms with van der Waals surface area (Å²) in [6.45, 7) is 5.02. The van der Waals surface area contributed by atoms with Gasteiger partial charge in [0.25, 0.3) is 0 Å². The monoisotopic (exact) mass is 224 g/mol. The van der Waals surface area contributed by atoms with Gasteiger partial charge in [0.05, 0.1) is 0 Å². The molecule has 1 amide bonds. The van der Waals surface area contributed by atoms with E-state index in [1.807, 2.05) is 0 Å². The van der Waals surface area contributed by atoms with Crippen molar-refractivity contribution in [3.63, 3.8) is 0 Å². The van der Waals surface area contributed by atoms with E-state index >= 15 is 0 Å². The minimum absolute atomic E-state index is 0.207. The minimum atomic E-state index is 0.207. The molecule has 0 spiro atoms. The van der Waals surface area contributed by atoms with Gasteiger partial charge in [-0.1, -0.05) is 13.8 Å². The van der Waals surface area contributed by atoms with Crippen molar-refractivity contribution in [2.24, 2.45) is 29.4 Å². The van der Waals surface area contributed by atoms with E-state index in [-0.39, 0.29) is 5.91 Å². The zero-order valence-corrected chi connectivity index (χ0v) is 10.4. The molecule has 0 aromatic rings. The Kier molecular flexibility index (Phi) is 3.53. The Labute approximate surface area is 98.2 Å². The summed E-state index contributed by atoms with van der Waals surface area (Å²) in [5, 5.41) is 3.06. The van der Waals surface area contributed by atoms with Gasteiger partial charge >= 0.3 is 0 Å². The maximum atomic E-state index is 11.5. The number of nitrogens with two attached hydrogens (primary N) is 1. The van der Waals surface area contributed by atoms with Crippen molar-refractivity contribution in [1.29, 1.82) is 0 Å². The molecule has 4 atom stereocenters. The van der Waals surface area contributed by atoms with Crippen molar-refractivity contribution in [1.82, 2.24) is 5.32 Å². The first-order chi connectivity index (χ1) is 7.56. The Balaban J connectivity index is 1.66. The number of hydrogen-bond acceptors (Lipinski definition) is 2. The van der Waals surface area contributed by atoms with Gasteiger partial charge in [-0.15, -0.1) is 0 Å². The van der Waals surface area contributed by atoms with Crippen LogP contribution in [0.2, 0.25) is 0 Å². The Bertz CT molecular complexity index is 265. The van der Waals surface area contributed by atoms with Gasteiger partial charge in [-0.05, 0) is 42.9 Å². The van der Waals surface area contributed by atoms with Gasteiger partial charge < -0.3 is 11.1 Å². The van der Waals surface area contributed by atoms with Crippen LogP contribution in [-0.2, 0) is 4.79 Å². The molecule has 3 nitrogen and oxygen atoms in total. The van der Waals surface area contributed by atoms with E-state index in [2.05, 4.69) is 19.2 Å². The lowest BCUT2D eigenvalue weighted by Crippen LogP contribution is -2.44. The molecule has 4 unspecified atom stereocenters. The number of carbonyl (C=O) groups excluding carboxylic acids is 1. The summed E-state index contributed by atoms with van der Waals surface area (Å²) in [4.78, 5) is 11.5. The predicted octanol–water partition coefficient (Wildman–Crippen LogP) is 1.52. The molecule has 92 valence electrons. The van der Waals surface area contributed by atoms with Crippen LogP contribution in [0.4, 0.5) is 0 Å². The number of carbonyl (C=O) groups is 1. The molecule has 0 heterocycles. The summed E-state index contributed by atoms with van der Waals surface area (Å²) in [6.07, 6.45) is 4.37. The molecule has 16 heavy (non-hydrogen) atoms. The molecule has 0 saturated heterocycles. The normalized spacial score (nSPS) is 37.0. The van der Waals surface area contributed by atoms with Crippen molar-refractivity contribution in [3.8, 4) is 0 Å². The van der Waals surface area contributed by atoms with E-state index in [0.29, 0.717) is 24.3 Å². The molecule has 0 aromatic carbocycles. The highest BCUT2D eigenvalue weighted by Crippen LogP contribution is 2.48. The second-order valence-electron chi connectivity index (χ2n) is 6.06. The molecular weight excluding hydrogens is 200 g/mol. The Morgan fingerprint density at radius 3 is 2.69 bits per heavy atom. The number of amides is 1. The Hall–Kier alpha value is -0.570. The van der Waals surface area contributed by atoms with E-state index in [9.17, 15) is 4.79 Å². The molecule has 2 aliphatic carbocycles. The zero-order chi connectivity index (χ0) is 11.7. The molecule has 3 heteroatoms. The highest BCUT2D eigenvalue weighted by Gasteiger charge is 2.45. The SMILES string of the molecule is CC(C)CC(=O)NCC1CC2CC(N)C2C1. The van der Waals surface area contributed by atoms with Gasteiger partial charge in [0, 0.05) is 19.0 Å². The lowest BCUT2D eigenvalue weighted by Gasteiger charge is -2.37. The topological polar surface area (TPSA) is 55.1 Å². The van der Waals surface area contributed by atoms with E-state index in [4.69, 9.17) is 5.73 Å². The second-order valence-corrected chi connectivity index (χ2v) is 6.06. The van der Waals surface area contributed by atoms with Crippen LogP contribution in [0.15, 0.2) is 0 Å². The van der Waals surface area contributed by atoms with Gasteiger partial charge in [0.2, 0.25) is 5.91 Å². The lowest BCUT2D eigenvalue weighted by molar-refractivity contribution is -0.121. The molecule has 3 N–H and O–H groups in total. The summed E-state index contributed by atoms with van der Waals surface area (Å²) in [5.41, 5.74) is 5.96. The first-order valence-electron chi connectivity index (χ1n) is 6.58. The summed E-state index contributed by atoms with van der Waals surface area (Å²) in [5.74, 6) is 2.96. The lowest BCUT2D eigenvalue weighted by atomic mass is 9.72. The molecule has 0 bridgehead atoms. The summed E-state index contributed by atoms with van der Waals surface area (Å²) < 4.78 is 0. The van der Waals surface area contributed by atoms with E-state index in [1.165, 1.54) is 19.3 Å². The number of nitrogens with one attached hydrogen (secondary N) is 1. The largest absolute Gasteiger partial charge is 0.356 e. The van der Waals surface area contributed by atoms with Gasteiger partial charge in [0.15, 0.2) is 0 Å². The van der Waals surface area contributed by atoms with Gasteiger partial charge in [-0.25, -0.2) is 0 Å². The molecule has 2 saturated carbocycles. The second kappa shape index (κ2) is 4.74. The first-order valence-corrected chi connectivity index (χ1v) is 6.58. The quantitative estimate of drug-likeness (QED) is 0.760. The van der Waals surface area contributed by atoms with Crippen molar-refractivity contribution < 1.29 is 4.79 Å². The van der Waals surface area contributed by atoms with Crippen LogP contribution in [0, 0.1) is 23.7 Å². The van der Waals surface area contributed by atoms with Crippen LogP contribution >= 0.6 is 0 Å². The van der Waals surface area contributed by atoms with Crippen LogP contribution < -0.4 is 11.1 Å². The van der Waals surface area contributed by atoms with E-state index in [1.54, 1.807) is 0 Å². The third kappa shape index (κ3) is 2.57. The Morgan fingerprint density at radius 1 is 1.38 bits per heavy atom. The highest BCUT2D eigenvalue weighted by molar-refractivity contribution is 5.76. The van der Waals surface area contributed by atoms with Crippen LogP contribution in [0.5, 0.6) is 0 Å².